The van der Waals surface area contributed by atoms with Crippen LogP contribution >= 0.6 is 11.3 Å². The molecule has 2 aromatic rings. The molecule has 7 heteroatoms. The summed E-state index contributed by atoms with van der Waals surface area (Å²) in [7, 11) is 0. The molecule has 2 N–H and O–H groups in total. The summed E-state index contributed by atoms with van der Waals surface area (Å²) in [4.78, 5) is 26.8. The van der Waals surface area contributed by atoms with E-state index in [1.165, 1.54) is 16.7 Å². The lowest BCUT2D eigenvalue weighted by Crippen LogP contribution is -2.22. The molecular formula is C15H16N2O4S. The number of carboxylic acids is 1. The molecule has 6 nitrogen and oxygen atoms in total. The third kappa shape index (κ3) is 3.82. The Morgan fingerprint density at radius 2 is 2.18 bits per heavy atom. The summed E-state index contributed by atoms with van der Waals surface area (Å²) in [6.45, 7) is 4.52. The van der Waals surface area contributed by atoms with E-state index in [1.54, 1.807) is 12.1 Å². The Hall–Kier alpha value is -2.41. The summed E-state index contributed by atoms with van der Waals surface area (Å²) < 4.78 is 5.46. The summed E-state index contributed by atoms with van der Waals surface area (Å²) in [5.41, 5.74) is 1.44. The zero-order valence-electron chi connectivity index (χ0n) is 12.3. The number of amides is 1. The number of aryl methyl sites for hydroxylation is 1. The molecule has 0 aliphatic carbocycles. The molecule has 1 aromatic heterocycles. The normalized spacial score (nSPS) is 10.3. The van der Waals surface area contributed by atoms with Crippen LogP contribution in [0, 0.1) is 6.92 Å². The number of nitrogens with one attached hydrogen (secondary N) is 1. The Labute approximate surface area is 131 Å². The van der Waals surface area contributed by atoms with Crippen molar-refractivity contribution >= 4 is 23.2 Å². The van der Waals surface area contributed by atoms with Gasteiger partial charge >= 0.3 is 5.97 Å². The fourth-order valence-electron chi connectivity index (χ4n) is 1.80. The molecule has 1 aromatic carbocycles. The molecule has 0 atom stereocenters. The summed E-state index contributed by atoms with van der Waals surface area (Å²) >= 11 is 1.20. The number of aromatic carboxylic acids is 1. The molecule has 1 amide bonds. The predicted octanol–water partition coefficient (Wildman–Crippen LogP) is 2.48. The van der Waals surface area contributed by atoms with Gasteiger partial charge in [0.1, 0.15) is 10.8 Å². The monoisotopic (exact) mass is 320 g/mol. The number of hydrogen-bond acceptors (Lipinski definition) is 5. The van der Waals surface area contributed by atoms with E-state index in [0.29, 0.717) is 22.9 Å². The van der Waals surface area contributed by atoms with Crippen LogP contribution < -0.4 is 10.1 Å². The number of aromatic nitrogens is 1. The highest BCUT2D eigenvalue weighted by Crippen LogP contribution is 2.19. The van der Waals surface area contributed by atoms with Gasteiger partial charge in [0.05, 0.1) is 13.2 Å². The predicted molar refractivity (Wildman–Crippen MR) is 82.6 cm³/mol. The number of nitrogens with zero attached hydrogens (tertiary/aromatic N) is 1. The number of thiazole rings is 1. The van der Waals surface area contributed by atoms with E-state index in [2.05, 4.69) is 10.3 Å². The summed E-state index contributed by atoms with van der Waals surface area (Å²) in [5.74, 6) is -0.653. The lowest BCUT2D eigenvalue weighted by Gasteiger charge is -2.09. The molecule has 116 valence electrons. The Kier molecular flexibility index (Phi) is 5.11. The molecule has 1 heterocycles. The molecular weight excluding hydrogens is 304 g/mol. The standard InChI is InChI=1S/C15H16N2O4S/c1-3-21-12-6-10(5-4-9(12)2)14(18)16-7-13-17-11(8-22-13)15(19)20/h4-6,8H,3,7H2,1-2H3,(H,16,18)(H,19,20). The Morgan fingerprint density at radius 1 is 1.41 bits per heavy atom. The second-order valence-corrected chi connectivity index (χ2v) is 5.47. The molecule has 0 fully saturated rings. The molecule has 0 spiro atoms. The smallest absolute Gasteiger partial charge is 0.355 e. The van der Waals surface area contributed by atoms with E-state index in [-0.39, 0.29) is 18.1 Å². The number of carbonyl (C=O) groups excluding carboxylic acids is 1. The second kappa shape index (κ2) is 7.04. The quantitative estimate of drug-likeness (QED) is 0.853. The third-order valence-electron chi connectivity index (χ3n) is 2.92. The average Bonchev–Trinajstić information content (AvgIpc) is 2.96. The highest BCUT2D eigenvalue weighted by atomic mass is 32.1. The van der Waals surface area contributed by atoms with Crippen molar-refractivity contribution in [3.8, 4) is 5.75 Å². The first-order chi connectivity index (χ1) is 10.5. The van der Waals surface area contributed by atoms with E-state index in [9.17, 15) is 9.59 Å². The van der Waals surface area contributed by atoms with Crippen LogP contribution in [-0.4, -0.2) is 28.6 Å². The van der Waals surface area contributed by atoms with Crippen LogP contribution in [0.25, 0.3) is 0 Å². The fraction of sp³-hybridized carbons (Fsp3) is 0.267. The minimum absolute atomic E-state index is 0.0109. The minimum atomic E-state index is -1.08. The van der Waals surface area contributed by atoms with Gasteiger partial charge < -0.3 is 15.2 Å². The second-order valence-electron chi connectivity index (χ2n) is 4.53. The average molecular weight is 320 g/mol. The molecule has 0 radical (unpaired) electrons. The van der Waals surface area contributed by atoms with Crippen LogP contribution in [0.3, 0.4) is 0 Å². The molecule has 2 rings (SSSR count). The van der Waals surface area contributed by atoms with E-state index < -0.39 is 5.97 Å². The van der Waals surface area contributed by atoms with Crippen LogP contribution in [0.5, 0.6) is 5.75 Å². The lowest BCUT2D eigenvalue weighted by atomic mass is 10.1. The van der Waals surface area contributed by atoms with Gasteiger partial charge in [-0.25, -0.2) is 9.78 Å². The van der Waals surface area contributed by atoms with Crippen LogP contribution in [-0.2, 0) is 6.54 Å². The van der Waals surface area contributed by atoms with Crippen molar-refractivity contribution in [3.05, 3.63) is 45.4 Å². The number of ether oxygens (including phenoxy) is 1. The summed E-state index contributed by atoms with van der Waals surface area (Å²) in [6, 6.07) is 5.24. The van der Waals surface area contributed by atoms with E-state index >= 15 is 0 Å². The maximum Gasteiger partial charge on any atom is 0.355 e. The van der Waals surface area contributed by atoms with Gasteiger partial charge in [0, 0.05) is 10.9 Å². The van der Waals surface area contributed by atoms with E-state index in [4.69, 9.17) is 9.84 Å². The molecule has 0 aliphatic rings. The highest BCUT2D eigenvalue weighted by molar-refractivity contribution is 7.09. The number of benzene rings is 1. The maximum atomic E-state index is 12.1. The van der Waals surface area contributed by atoms with E-state index in [0.717, 1.165) is 5.56 Å². The topological polar surface area (TPSA) is 88.5 Å². The van der Waals surface area contributed by atoms with Crippen LogP contribution in [0.1, 0.15) is 38.3 Å². The van der Waals surface area contributed by atoms with Crippen LogP contribution in [0.4, 0.5) is 0 Å². The van der Waals surface area contributed by atoms with Gasteiger partial charge in [-0.2, -0.15) is 0 Å². The fourth-order valence-corrected chi connectivity index (χ4v) is 2.51. The molecule has 0 aliphatic heterocycles. The van der Waals surface area contributed by atoms with Gasteiger partial charge in [-0.3, -0.25) is 4.79 Å². The van der Waals surface area contributed by atoms with Crippen LogP contribution in [0.2, 0.25) is 0 Å². The Morgan fingerprint density at radius 3 is 2.82 bits per heavy atom. The number of hydrogen-bond donors (Lipinski definition) is 2. The van der Waals surface area contributed by atoms with Gasteiger partial charge in [-0.1, -0.05) is 6.07 Å². The van der Waals surface area contributed by atoms with Crippen molar-refractivity contribution in [2.24, 2.45) is 0 Å². The third-order valence-corrected chi connectivity index (χ3v) is 3.77. The first-order valence-corrected chi connectivity index (χ1v) is 7.58. The van der Waals surface area contributed by atoms with Gasteiger partial charge in [0.2, 0.25) is 0 Å². The first-order valence-electron chi connectivity index (χ1n) is 6.70. The SMILES string of the molecule is CCOc1cc(C(=O)NCc2nc(C(=O)O)cs2)ccc1C. The minimum Gasteiger partial charge on any atom is -0.494 e. The Balaban J connectivity index is 2.02. The lowest BCUT2D eigenvalue weighted by molar-refractivity contribution is 0.0691. The van der Waals surface area contributed by atoms with Crippen molar-refractivity contribution in [2.75, 3.05) is 6.61 Å². The molecule has 0 saturated carbocycles. The first kappa shape index (κ1) is 16.0. The molecule has 22 heavy (non-hydrogen) atoms. The zero-order valence-corrected chi connectivity index (χ0v) is 13.1. The molecule has 0 unspecified atom stereocenters. The molecule has 0 bridgehead atoms. The van der Waals surface area contributed by atoms with Gasteiger partial charge in [0.25, 0.3) is 5.91 Å². The highest BCUT2D eigenvalue weighted by Gasteiger charge is 2.11. The summed E-state index contributed by atoms with van der Waals surface area (Å²) in [6.07, 6.45) is 0. The zero-order chi connectivity index (χ0) is 16.1. The largest absolute Gasteiger partial charge is 0.494 e. The molecule has 0 saturated heterocycles. The number of carboxylic acid groups (broad SMARTS) is 1. The van der Waals surface area contributed by atoms with Crippen molar-refractivity contribution < 1.29 is 19.4 Å². The van der Waals surface area contributed by atoms with E-state index in [1.807, 2.05) is 19.9 Å². The van der Waals surface area contributed by atoms with Crippen molar-refractivity contribution in [2.45, 2.75) is 20.4 Å². The van der Waals surface area contributed by atoms with Crippen LogP contribution in [0.15, 0.2) is 23.6 Å². The maximum absolute atomic E-state index is 12.1. The summed E-state index contributed by atoms with van der Waals surface area (Å²) in [5, 5.41) is 13.5. The number of carbonyl (C=O) groups is 2. The van der Waals surface area contributed by atoms with Gasteiger partial charge in [-0.05, 0) is 31.5 Å². The Bertz CT molecular complexity index is 697. The van der Waals surface area contributed by atoms with Gasteiger partial charge in [0.15, 0.2) is 5.69 Å². The van der Waals surface area contributed by atoms with Crippen molar-refractivity contribution in [3.63, 3.8) is 0 Å². The van der Waals surface area contributed by atoms with Crippen molar-refractivity contribution in [1.29, 1.82) is 0 Å². The van der Waals surface area contributed by atoms with Crippen molar-refractivity contribution in [1.82, 2.24) is 10.3 Å². The number of rotatable bonds is 6. The van der Waals surface area contributed by atoms with Gasteiger partial charge in [-0.15, -0.1) is 11.3 Å².